The molecule has 1 rings (SSSR count). The summed E-state index contributed by atoms with van der Waals surface area (Å²) in [6.07, 6.45) is 1.50. The van der Waals surface area contributed by atoms with Crippen LogP contribution in [-0.2, 0) is 14.3 Å². The third-order valence-corrected chi connectivity index (χ3v) is 2.43. The van der Waals surface area contributed by atoms with Crippen molar-refractivity contribution in [2.24, 2.45) is 5.73 Å². The van der Waals surface area contributed by atoms with Crippen LogP contribution in [0.5, 0.6) is 0 Å². The van der Waals surface area contributed by atoms with Crippen molar-refractivity contribution in [2.45, 2.75) is 45.3 Å². The molecule has 16 heavy (non-hydrogen) atoms. The highest BCUT2D eigenvalue weighted by Crippen LogP contribution is 2.20. The summed E-state index contributed by atoms with van der Waals surface area (Å²) in [6, 6.07) is -0.449. The van der Waals surface area contributed by atoms with Crippen LogP contribution in [-0.4, -0.2) is 41.5 Å². The summed E-state index contributed by atoms with van der Waals surface area (Å²) in [5.74, 6) is -0.514. The second-order valence-corrected chi connectivity index (χ2v) is 4.98. The number of nitrogens with zero attached hydrogens (tertiary/aromatic N) is 1. The quantitative estimate of drug-likeness (QED) is 0.689. The first-order valence-corrected chi connectivity index (χ1v) is 5.57. The van der Waals surface area contributed by atoms with Crippen molar-refractivity contribution in [3.05, 3.63) is 0 Å². The van der Waals surface area contributed by atoms with E-state index in [9.17, 15) is 9.59 Å². The fraction of sp³-hybridized carbons (Fsp3) is 0.818. The average Bonchev–Trinajstić information content (AvgIpc) is 2.62. The Morgan fingerprint density at radius 2 is 2.06 bits per heavy atom. The summed E-state index contributed by atoms with van der Waals surface area (Å²) in [5.41, 5.74) is 4.78. The predicted molar refractivity (Wildman–Crippen MR) is 59.6 cm³/mol. The van der Waals surface area contributed by atoms with Gasteiger partial charge in [-0.05, 0) is 33.6 Å². The maximum absolute atomic E-state index is 11.8. The number of carbonyl (C=O) groups excluding carboxylic acids is 2. The fourth-order valence-electron chi connectivity index (χ4n) is 1.80. The minimum atomic E-state index is -0.517. The molecule has 0 saturated carbocycles. The van der Waals surface area contributed by atoms with E-state index in [-0.39, 0.29) is 18.4 Å². The molecule has 0 unspecified atom stereocenters. The van der Waals surface area contributed by atoms with Crippen LogP contribution >= 0.6 is 0 Å². The number of amides is 1. The van der Waals surface area contributed by atoms with E-state index in [0.717, 1.165) is 6.42 Å². The summed E-state index contributed by atoms with van der Waals surface area (Å²) >= 11 is 0. The third kappa shape index (κ3) is 3.20. The van der Waals surface area contributed by atoms with E-state index in [4.69, 9.17) is 10.5 Å². The Kier molecular flexibility index (Phi) is 3.91. The zero-order valence-electron chi connectivity index (χ0n) is 10.2. The molecule has 0 aromatic carbocycles. The third-order valence-electron chi connectivity index (χ3n) is 2.43. The average molecular weight is 228 g/mol. The summed E-state index contributed by atoms with van der Waals surface area (Å²) in [6.45, 7) is 5.98. The molecule has 1 aliphatic rings. The van der Waals surface area contributed by atoms with Gasteiger partial charge in [-0.15, -0.1) is 0 Å². The molecule has 5 nitrogen and oxygen atoms in total. The first-order chi connectivity index (χ1) is 7.35. The Morgan fingerprint density at radius 1 is 1.44 bits per heavy atom. The molecular formula is C11H20N2O3. The molecule has 1 amide bonds. The number of likely N-dealkylation sites (tertiary alicyclic amines) is 1. The van der Waals surface area contributed by atoms with Gasteiger partial charge in [0.2, 0.25) is 5.91 Å². The monoisotopic (exact) mass is 228 g/mol. The van der Waals surface area contributed by atoms with Gasteiger partial charge in [0.15, 0.2) is 0 Å². The van der Waals surface area contributed by atoms with Gasteiger partial charge in [0.1, 0.15) is 11.6 Å². The molecule has 2 N–H and O–H groups in total. The van der Waals surface area contributed by atoms with Crippen molar-refractivity contribution in [1.29, 1.82) is 0 Å². The molecule has 5 heteroatoms. The minimum Gasteiger partial charge on any atom is -0.458 e. The molecule has 1 aliphatic heterocycles. The predicted octanol–water partition coefficient (Wildman–Crippen LogP) is 0.278. The molecule has 1 atom stereocenters. The summed E-state index contributed by atoms with van der Waals surface area (Å²) < 4.78 is 5.27. The molecule has 92 valence electrons. The van der Waals surface area contributed by atoms with E-state index in [0.29, 0.717) is 13.0 Å². The van der Waals surface area contributed by atoms with Crippen LogP contribution < -0.4 is 5.73 Å². The summed E-state index contributed by atoms with van der Waals surface area (Å²) in [5, 5.41) is 0. The summed E-state index contributed by atoms with van der Waals surface area (Å²) in [7, 11) is 0. The van der Waals surface area contributed by atoms with Crippen molar-refractivity contribution in [3.8, 4) is 0 Å². The SMILES string of the molecule is CC(C)(C)OC(=O)[C@@H]1CCCN1C(=O)CN. The van der Waals surface area contributed by atoms with Crippen LogP contribution in [0.15, 0.2) is 0 Å². The van der Waals surface area contributed by atoms with Gasteiger partial charge in [0.25, 0.3) is 0 Å². The maximum atomic E-state index is 11.8. The molecule has 1 heterocycles. The van der Waals surface area contributed by atoms with Crippen molar-refractivity contribution in [3.63, 3.8) is 0 Å². The van der Waals surface area contributed by atoms with E-state index >= 15 is 0 Å². The molecule has 1 saturated heterocycles. The van der Waals surface area contributed by atoms with Gasteiger partial charge >= 0.3 is 5.97 Å². The Labute approximate surface area is 95.9 Å². The first-order valence-electron chi connectivity index (χ1n) is 5.57. The molecule has 0 spiro atoms. The Hall–Kier alpha value is -1.10. The number of hydrogen-bond donors (Lipinski definition) is 1. The van der Waals surface area contributed by atoms with Crippen LogP contribution in [0.4, 0.5) is 0 Å². The van der Waals surface area contributed by atoms with Gasteiger partial charge in [-0.3, -0.25) is 4.79 Å². The largest absolute Gasteiger partial charge is 0.458 e. The maximum Gasteiger partial charge on any atom is 0.329 e. The zero-order valence-corrected chi connectivity index (χ0v) is 10.2. The lowest BCUT2D eigenvalue weighted by Crippen LogP contribution is -2.45. The minimum absolute atomic E-state index is 0.0563. The second-order valence-electron chi connectivity index (χ2n) is 4.98. The van der Waals surface area contributed by atoms with Crippen LogP contribution in [0.2, 0.25) is 0 Å². The molecule has 0 aliphatic carbocycles. The molecular weight excluding hydrogens is 208 g/mol. The standard InChI is InChI=1S/C11H20N2O3/c1-11(2,3)16-10(15)8-5-4-6-13(8)9(14)7-12/h8H,4-7,12H2,1-3H3/t8-/m0/s1. The number of ether oxygens (including phenoxy) is 1. The van der Waals surface area contributed by atoms with E-state index < -0.39 is 11.6 Å². The summed E-state index contributed by atoms with van der Waals surface area (Å²) in [4.78, 5) is 24.8. The smallest absolute Gasteiger partial charge is 0.329 e. The lowest BCUT2D eigenvalue weighted by Gasteiger charge is -2.27. The second kappa shape index (κ2) is 4.82. The molecule has 0 aromatic rings. The van der Waals surface area contributed by atoms with Crippen LogP contribution in [0.1, 0.15) is 33.6 Å². The molecule has 0 bridgehead atoms. The number of rotatable bonds is 2. The lowest BCUT2D eigenvalue weighted by molar-refractivity contribution is -0.163. The van der Waals surface area contributed by atoms with Crippen LogP contribution in [0.3, 0.4) is 0 Å². The Balaban J connectivity index is 2.65. The normalized spacial score (nSPS) is 21.0. The van der Waals surface area contributed by atoms with Crippen molar-refractivity contribution < 1.29 is 14.3 Å². The van der Waals surface area contributed by atoms with Gasteiger partial charge in [-0.1, -0.05) is 0 Å². The van der Waals surface area contributed by atoms with Gasteiger partial charge < -0.3 is 15.4 Å². The molecule has 1 fully saturated rings. The topological polar surface area (TPSA) is 72.6 Å². The van der Waals surface area contributed by atoms with Crippen molar-refractivity contribution in [1.82, 2.24) is 4.90 Å². The van der Waals surface area contributed by atoms with E-state index in [1.165, 1.54) is 4.90 Å². The van der Waals surface area contributed by atoms with Crippen LogP contribution in [0.25, 0.3) is 0 Å². The van der Waals surface area contributed by atoms with E-state index in [1.54, 1.807) is 0 Å². The van der Waals surface area contributed by atoms with Crippen LogP contribution in [0, 0.1) is 0 Å². The van der Waals surface area contributed by atoms with Gasteiger partial charge in [-0.2, -0.15) is 0 Å². The first kappa shape index (κ1) is 13.0. The highest BCUT2D eigenvalue weighted by atomic mass is 16.6. The Morgan fingerprint density at radius 3 is 2.56 bits per heavy atom. The fourth-order valence-corrected chi connectivity index (χ4v) is 1.80. The molecule has 0 aromatic heterocycles. The van der Waals surface area contributed by atoms with Crippen molar-refractivity contribution in [2.75, 3.05) is 13.1 Å². The number of nitrogens with two attached hydrogens (primary N) is 1. The molecule has 0 radical (unpaired) electrons. The van der Waals surface area contributed by atoms with Gasteiger partial charge in [0, 0.05) is 6.54 Å². The lowest BCUT2D eigenvalue weighted by atomic mass is 10.1. The highest BCUT2D eigenvalue weighted by Gasteiger charge is 2.36. The number of carbonyl (C=O) groups is 2. The highest BCUT2D eigenvalue weighted by molar-refractivity contribution is 5.86. The zero-order chi connectivity index (χ0) is 12.3. The number of esters is 1. The van der Waals surface area contributed by atoms with Crippen molar-refractivity contribution >= 4 is 11.9 Å². The van der Waals surface area contributed by atoms with Gasteiger partial charge in [-0.25, -0.2) is 4.79 Å². The number of hydrogen-bond acceptors (Lipinski definition) is 4. The van der Waals surface area contributed by atoms with E-state index in [1.807, 2.05) is 20.8 Å². The van der Waals surface area contributed by atoms with E-state index in [2.05, 4.69) is 0 Å². The van der Waals surface area contributed by atoms with Gasteiger partial charge in [0.05, 0.1) is 6.54 Å². The Bertz CT molecular complexity index is 283.